The normalized spacial score (nSPS) is 10.6. The fraction of sp³-hybridized carbons (Fsp3) is 0.238. The van der Waals surface area contributed by atoms with Crippen LogP contribution in [-0.4, -0.2) is 28.5 Å². The van der Waals surface area contributed by atoms with E-state index in [9.17, 15) is 9.59 Å². The standard InChI is InChI=1S/C21H21N3O3S2/c1-3-18(25)16-8-10-17(11-9-16)27-12-19(26)22-20-23-24-21(29-20)28-13-15-6-4-14(2)5-7-15/h4-11H,3,12-13H2,1-2H3,(H,22,23,26). The second-order valence-electron chi connectivity index (χ2n) is 6.29. The molecule has 8 heteroatoms. The van der Waals surface area contributed by atoms with Crippen LogP contribution in [0.5, 0.6) is 5.75 Å². The number of rotatable bonds is 9. The molecule has 0 atom stereocenters. The van der Waals surface area contributed by atoms with Gasteiger partial charge in [-0.15, -0.1) is 10.2 Å². The fourth-order valence-corrected chi connectivity index (χ4v) is 4.12. The average Bonchev–Trinajstić information content (AvgIpc) is 3.19. The number of amides is 1. The number of hydrogen-bond acceptors (Lipinski definition) is 7. The van der Waals surface area contributed by atoms with E-state index < -0.39 is 0 Å². The quantitative estimate of drug-likeness (QED) is 0.302. The minimum atomic E-state index is -0.315. The van der Waals surface area contributed by atoms with Gasteiger partial charge in [0, 0.05) is 17.7 Å². The Morgan fingerprint density at radius 2 is 1.79 bits per heavy atom. The van der Waals surface area contributed by atoms with E-state index in [1.54, 1.807) is 36.0 Å². The lowest BCUT2D eigenvalue weighted by molar-refractivity contribution is -0.118. The van der Waals surface area contributed by atoms with Gasteiger partial charge in [0.25, 0.3) is 5.91 Å². The van der Waals surface area contributed by atoms with Crippen molar-refractivity contribution in [1.82, 2.24) is 10.2 Å². The molecule has 1 amide bonds. The third-order valence-electron chi connectivity index (χ3n) is 4.00. The Kier molecular flexibility index (Phi) is 7.37. The second-order valence-corrected chi connectivity index (χ2v) is 8.49. The molecule has 3 aromatic rings. The number of carbonyl (C=O) groups is 2. The van der Waals surface area contributed by atoms with Crippen LogP contribution in [0.1, 0.15) is 34.8 Å². The molecule has 0 radical (unpaired) electrons. The average molecular weight is 428 g/mol. The molecule has 0 saturated carbocycles. The first kappa shape index (κ1) is 21.0. The Labute approximate surface area is 177 Å². The van der Waals surface area contributed by atoms with Gasteiger partial charge in [-0.1, -0.05) is 59.9 Å². The van der Waals surface area contributed by atoms with Crippen molar-refractivity contribution in [3.63, 3.8) is 0 Å². The number of carbonyl (C=O) groups excluding carboxylic acids is 2. The minimum Gasteiger partial charge on any atom is -0.484 e. The molecule has 0 aliphatic rings. The molecule has 29 heavy (non-hydrogen) atoms. The molecule has 1 heterocycles. The van der Waals surface area contributed by atoms with Gasteiger partial charge in [-0.05, 0) is 36.8 Å². The zero-order chi connectivity index (χ0) is 20.6. The maximum atomic E-state index is 12.1. The Balaban J connectivity index is 1.45. The number of hydrogen-bond donors (Lipinski definition) is 1. The van der Waals surface area contributed by atoms with Gasteiger partial charge in [0.15, 0.2) is 16.7 Å². The molecule has 6 nitrogen and oxygen atoms in total. The van der Waals surface area contributed by atoms with Gasteiger partial charge < -0.3 is 4.74 Å². The van der Waals surface area contributed by atoms with Crippen molar-refractivity contribution in [1.29, 1.82) is 0 Å². The van der Waals surface area contributed by atoms with E-state index >= 15 is 0 Å². The number of Topliss-reactive ketones (excluding diaryl/α,β-unsaturated/α-hetero) is 1. The molecule has 3 rings (SSSR count). The van der Waals surface area contributed by atoms with Crippen molar-refractivity contribution in [2.45, 2.75) is 30.4 Å². The fourth-order valence-electron chi connectivity index (χ4n) is 2.39. The lowest BCUT2D eigenvalue weighted by atomic mass is 10.1. The number of ketones is 1. The number of anilines is 1. The van der Waals surface area contributed by atoms with Crippen LogP contribution in [0.2, 0.25) is 0 Å². The Morgan fingerprint density at radius 3 is 2.48 bits per heavy atom. The summed E-state index contributed by atoms with van der Waals surface area (Å²) >= 11 is 2.91. The molecule has 0 aliphatic heterocycles. The maximum Gasteiger partial charge on any atom is 0.264 e. The molecule has 0 aliphatic carbocycles. The summed E-state index contributed by atoms with van der Waals surface area (Å²) in [4.78, 5) is 23.7. The van der Waals surface area contributed by atoms with Crippen molar-refractivity contribution >= 4 is 39.9 Å². The van der Waals surface area contributed by atoms with E-state index in [1.807, 2.05) is 6.92 Å². The van der Waals surface area contributed by atoms with Gasteiger partial charge in [0.05, 0.1) is 0 Å². The topological polar surface area (TPSA) is 81.2 Å². The third kappa shape index (κ3) is 6.40. The Morgan fingerprint density at radius 1 is 1.07 bits per heavy atom. The number of thioether (sulfide) groups is 1. The summed E-state index contributed by atoms with van der Waals surface area (Å²) in [5, 5.41) is 11.2. The maximum absolute atomic E-state index is 12.1. The predicted molar refractivity (Wildman–Crippen MR) is 116 cm³/mol. The van der Waals surface area contributed by atoms with E-state index in [4.69, 9.17) is 4.74 Å². The summed E-state index contributed by atoms with van der Waals surface area (Å²) in [6.07, 6.45) is 0.454. The molecule has 150 valence electrons. The molecule has 0 bridgehead atoms. The number of benzene rings is 2. The lowest BCUT2D eigenvalue weighted by Crippen LogP contribution is -2.20. The smallest absolute Gasteiger partial charge is 0.264 e. The van der Waals surface area contributed by atoms with E-state index in [0.29, 0.717) is 22.9 Å². The zero-order valence-electron chi connectivity index (χ0n) is 16.2. The van der Waals surface area contributed by atoms with Crippen molar-refractivity contribution < 1.29 is 14.3 Å². The highest BCUT2D eigenvalue weighted by Gasteiger charge is 2.10. The highest BCUT2D eigenvalue weighted by molar-refractivity contribution is 8.00. The molecular weight excluding hydrogens is 406 g/mol. The van der Waals surface area contributed by atoms with Gasteiger partial charge >= 0.3 is 0 Å². The molecule has 0 saturated heterocycles. The largest absolute Gasteiger partial charge is 0.484 e. The minimum absolute atomic E-state index is 0.0709. The number of nitrogens with zero attached hydrogens (tertiary/aromatic N) is 2. The second kappa shape index (κ2) is 10.2. The predicted octanol–water partition coefficient (Wildman–Crippen LogP) is 4.75. The van der Waals surface area contributed by atoms with E-state index in [-0.39, 0.29) is 18.3 Å². The van der Waals surface area contributed by atoms with Crippen molar-refractivity contribution in [3.05, 3.63) is 65.2 Å². The Hall–Kier alpha value is -2.71. The van der Waals surface area contributed by atoms with Crippen LogP contribution < -0.4 is 10.1 Å². The first-order valence-corrected chi connectivity index (χ1v) is 10.9. The van der Waals surface area contributed by atoms with E-state index in [1.165, 1.54) is 22.5 Å². The molecule has 1 aromatic heterocycles. The zero-order valence-corrected chi connectivity index (χ0v) is 17.8. The monoisotopic (exact) mass is 427 g/mol. The van der Waals surface area contributed by atoms with Gasteiger partial charge in [-0.3, -0.25) is 14.9 Å². The van der Waals surface area contributed by atoms with Gasteiger partial charge in [0.2, 0.25) is 5.13 Å². The first-order chi connectivity index (χ1) is 14.0. The number of aromatic nitrogens is 2. The highest BCUT2D eigenvalue weighted by atomic mass is 32.2. The summed E-state index contributed by atoms with van der Waals surface area (Å²) in [5.41, 5.74) is 3.07. The number of ether oxygens (including phenoxy) is 1. The van der Waals surface area contributed by atoms with Crippen LogP contribution >= 0.6 is 23.1 Å². The molecule has 1 N–H and O–H groups in total. The molecule has 2 aromatic carbocycles. The van der Waals surface area contributed by atoms with Crippen LogP contribution in [-0.2, 0) is 10.5 Å². The summed E-state index contributed by atoms with van der Waals surface area (Å²) in [6.45, 7) is 3.73. The highest BCUT2D eigenvalue weighted by Crippen LogP contribution is 2.28. The summed E-state index contributed by atoms with van der Waals surface area (Å²) in [6, 6.07) is 15.1. The van der Waals surface area contributed by atoms with Crippen LogP contribution in [0.4, 0.5) is 5.13 Å². The number of nitrogens with one attached hydrogen (secondary N) is 1. The Bertz CT molecular complexity index is 970. The third-order valence-corrected chi connectivity index (χ3v) is 6.05. The van der Waals surface area contributed by atoms with Crippen LogP contribution in [0, 0.1) is 6.92 Å². The van der Waals surface area contributed by atoms with Crippen LogP contribution in [0.15, 0.2) is 52.9 Å². The molecular formula is C21H21N3O3S2. The number of aryl methyl sites for hydroxylation is 1. The lowest BCUT2D eigenvalue weighted by Gasteiger charge is -2.06. The molecule has 0 unspecified atom stereocenters. The summed E-state index contributed by atoms with van der Waals surface area (Å²) in [7, 11) is 0. The van der Waals surface area contributed by atoms with Crippen molar-refractivity contribution in [3.8, 4) is 5.75 Å². The van der Waals surface area contributed by atoms with Gasteiger partial charge in [0.1, 0.15) is 5.75 Å². The van der Waals surface area contributed by atoms with E-state index in [0.717, 1.165) is 10.1 Å². The molecule has 0 fully saturated rings. The first-order valence-electron chi connectivity index (χ1n) is 9.11. The van der Waals surface area contributed by atoms with Crippen LogP contribution in [0.3, 0.4) is 0 Å². The van der Waals surface area contributed by atoms with Crippen LogP contribution in [0.25, 0.3) is 0 Å². The SMILES string of the molecule is CCC(=O)c1ccc(OCC(=O)Nc2nnc(SCc3ccc(C)cc3)s2)cc1. The van der Waals surface area contributed by atoms with Crippen molar-refractivity contribution in [2.24, 2.45) is 0 Å². The molecule has 0 spiro atoms. The van der Waals surface area contributed by atoms with Gasteiger partial charge in [-0.2, -0.15) is 0 Å². The summed E-state index contributed by atoms with van der Waals surface area (Å²) in [5.74, 6) is 1.08. The van der Waals surface area contributed by atoms with Crippen molar-refractivity contribution in [2.75, 3.05) is 11.9 Å². The summed E-state index contributed by atoms with van der Waals surface area (Å²) < 4.78 is 6.25. The van der Waals surface area contributed by atoms with Gasteiger partial charge in [-0.25, -0.2) is 0 Å². The van der Waals surface area contributed by atoms with E-state index in [2.05, 4.69) is 46.7 Å².